The molecule has 2 saturated heterocycles. The number of benzene rings is 2. The minimum Gasteiger partial charge on any atom is -0.416 e. The number of rotatable bonds is 10. The van der Waals surface area contributed by atoms with Gasteiger partial charge in [0.1, 0.15) is 12.1 Å². The van der Waals surface area contributed by atoms with Gasteiger partial charge in [-0.05, 0) is 97.1 Å². The van der Waals surface area contributed by atoms with Crippen molar-refractivity contribution in [1.29, 1.82) is 0 Å². The number of carbonyl (C=O) groups excluding carboxylic acids is 4. The van der Waals surface area contributed by atoms with E-state index in [1.54, 1.807) is 81.0 Å². The molecular formula is C36H34N6O5S2. The lowest BCUT2D eigenvalue weighted by molar-refractivity contribution is -0.136. The molecular weight excluding hydrogens is 661 g/mol. The zero-order valence-corrected chi connectivity index (χ0v) is 28.2. The SMILES string of the molecule is O=C(Nc1ccc(-c2nnc(-c3ccc(NC(=O)C4CCCN4C(=O)Cc4cccs4)cc3)o2)cc1)C1CCCN1C(=O)Cc1cccs1. The molecule has 13 heteroatoms. The van der Waals surface area contributed by atoms with Gasteiger partial charge >= 0.3 is 0 Å². The first-order valence-electron chi connectivity index (χ1n) is 16.2. The third kappa shape index (κ3) is 7.47. The normalized spacial score (nSPS) is 17.3. The molecule has 11 nitrogen and oxygen atoms in total. The molecule has 0 saturated carbocycles. The highest BCUT2D eigenvalue weighted by Gasteiger charge is 2.35. The number of hydrogen-bond acceptors (Lipinski definition) is 9. The summed E-state index contributed by atoms with van der Waals surface area (Å²) in [5, 5.41) is 18.2. The molecule has 7 rings (SSSR count). The van der Waals surface area contributed by atoms with Gasteiger partial charge in [0.15, 0.2) is 0 Å². The smallest absolute Gasteiger partial charge is 0.248 e. The van der Waals surface area contributed by atoms with Crippen LogP contribution in [0.3, 0.4) is 0 Å². The summed E-state index contributed by atoms with van der Waals surface area (Å²) >= 11 is 3.08. The number of aromatic nitrogens is 2. The summed E-state index contributed by atoms with van der Waals surface area (Å²) in [6.07, 6.45) is 3.47. The lowest BCUT2D eigenvalue weighted by Crippen LogP contribution is -2.43. The molecule has 5 aromatic rings. The maximum Gasteiger partial charge on any atom is 0.248 e. The van der Waals surface area contributed by atoms with Gasteiger partial charge in [-0.2, -0.15) is 0 Å². The highest BCUT2D eigenvalue weighted by atomic mass is 32.1. The molecule has 0 aliphatic carbocycles. The Morgan fingerprint density at radius 3 is 1.47 bits per heavy atom. The zero-order chi connectivity index (χ0) is 33.7. The lowest BCUT2D eigenvalue weighted by atomic mass is 10.1. The van der Waals surface area contributed by atoms with Crippen LogP contribution in [0.4, 0.5) is 11.4 Å². The zero-order valence-electron chi connectivity index (χ0n) is 26.5. The fraction of sp³-hybridized carbons (Fsp3) is 0.278. The number of likely N-dealkylation sites (tertiary alicyclic amines) is 2. The number of carbonyl (C=O) groups is 4. The highest BCUT2D eigenvalue weighted by molar-refractivity contribution is 7.10. The third-order valence-electron chi connectivity index (χ3n) is 8.79. The molecule has 5 heterocycles. The lowest BCUT2D eigenvalue weighted by Gasteiger charge is -2.24. The van der Waals surface area contributed by atoms with Gasteiger partial charge in [-0.3, -0.25) is 19.2 Å². The van der Waals surface area contributed by atoms with Crippen LogP contribution >= 0.6 is 22.7 Å². The highest BCUT2D eigenvalue weighted by Crippen LogP contribution is 2.28. The molecule has 2 aromatic carbocycles. The van der Waals surface area contributed by atoms with E-state index in [4.69, 9.17) is 4.42 Å². The number of nitrogens with one attached hydrogen (secondary N) is 2. The van der Waals surface area contributed by atoms with Crippen molar-refractivity contribution in [2.24, 2.45) is 0 Å². The molecule has 2 aliphatic rings. The first-order valence-corrected chi connectivity index (χ1v) is 18.0. The molecule has 0 spiro atoms. The van der Waals surface area contributed by atoms with Crippen molar-refractivity contribution in [3.05, 3.63) is 93.3 Å². The van der Waals surface area contributed by atoms with Crippen LogP contribution < -0.4 is 10.6 Å². The van der Waals surface area contributed by atoms with E-state index in [2.05, 4.69) is 20.8 Å². The van der Waals surface area contributed by atoms with Crippen LogP contribution in [-0.4, -0.2) is 68.8 Å². The molecule has 0 radical (unpaired) electrons. The van der Waals surface area contributed by atoms with Gasteiger partial charge < -0.3 is 24.9 Å². The summed E-state index contributed by atoms with van der Waals surface area (Å²) in [5.74, 6) is 0.174. The van der Waals surface area contributed by atoms with Gasteiger partial charge in [-0.1, -0.05) is 12.1 Å². The Balaban J connectivity index is 0.931. The van der Waals surface area contributed by atoms with E-state index < -0.39 is 12.1 Å². The molecule has 3 aromatic heterocycles. The number of amides is 4. The Labute approximate surface area is 291 Å². The second-order valence-corrected chi connectivity index (χ2v) is 14.1. The Hall–Kier alpha value is -5.14. The standard InChI is InChI=1S/C36H34N6O5S2/c43-31(21-27-5-3-19-48-27)41-17-1-7-29(41)33(45)37-25-13-9-23(10-14-25)35-39-40-36(47-35)24-11-15-26(16-12-24)38-34(46)30-8-2-18-42(30)32(44)22-28-6-4-20-49-28/h3-6,9-16,19-20,29-30H,1-2,7-8,17-18,21-22H2,(H,37,45)(H,38,46). The van der Waals surface area contributed by atoms with Crippen molar-refractivity contribution in [3.8, 4) is 22.9 Å². The Morgan fingerprint density at radius 1 is 0.653 bits per heavy atom. The average Bonchev–Trinajstić information content (AvgIpc) is 3.95. The van der Waals surface area contributed by atoms with E-state index in [-0.39, 0.29) is 23.6 Å². The summed E-state index contributed by atoms with van der Waals surface area (Å²) in [6.45, 7) is 1.16. The van der Waals surface area contributed by atoms with E-state index in [1.807, 2.05) is 35.0 Å². The van der Waals surface area contributed by atoms with E-state index in [9.17, 15) is 19.2 Å². The van der Waals surface area contributed by atoms with Gasteiger partial charge in [0, 0.05) is 45.3 Å². The number of hydrogen-bond donors (Lipinski definition) is 2. The molecule has 2 fully saturated rings. The van der Waals surface area contributed by atoms with Crippen molar-refractivity contribution >= 4 is 57.7 Å². The molecule has 250 valence electrons. The quantitative estimate of drug-likeness (QED) is 0.187. The van der Waals surface area contributed by atoms with Crippen LogP contribution in [0, 0.1) is 0 Å². The van der Waals surface area contributed by atoms with Crippen LogP contribution in [0.15, 0.2) is 88.0 Å². The van der Waals surface area contributed by atoms with Gasteiger partial charge in [-0.15, -0.1) is 32.9 Å². The van der Waals surface area contributed by atoms with Crippen LogP contribution in [0.5, 0.6) is 0 Å². The fourth-order valence-corrected chi connectivity index (χ4v) is 7.69. The largest absolute Gasteiger partial charge is 0.416 e. The monoisotopic (exact) mass is 694 g/mol. The van der Waals surface area contributed by atoms with E-state index in [0.29, 0.717) is 73.1 Å². The molecule has 2 unspecified atom stereocenters. The van der Waals surface area contributed by atoms with Crippen molar-refractivity contribution in [1.82, 2.24) is 20.0 Å². The molecule has 2 aliphatic heterocycles. The number of anilines is 2. The average molecular weight is 695 g/mol. The van der Waals surface area contributed by atoms with E-state index in [0.717, 1.165) is 22.6 Å². The maximum atomic E-state index is 13.1. The predicted octanol–water partition coefficient (Wildman–Crippen LogP) is 5.87. The van der Waals surface area contributed by atoms with Gasteiger partial charge in [0.2, 0.25) is 35.4 Å². The predicted molar refractivity (Wildman–Crippen MR) is 188 cm³/mol. The van der Waals surface area contributed by atoms with E-state index >= 15 is 0 Å². The van der Waals surface area contributed by atoms with Crippen LogP contribution in [-0.2, 0) is 32.0 Å². The Bertz CT molecular complexity index is 1780. The molecule has 4 amide bonds. The second-order valence-electron chi connectivity index (χ2n) is 12.0. The Kier molecular flexibility index (Phi) is 9.62. The van der Waals surface area contributed by atoms with Crippen molar-refractivity contribution in [2.45, 2.75) is 50.6 Å². The second kappa shape index (κ2) is 14.5. The summed E-state index contributed by atoms with van der Waals surface area (Å²) in [5.41, 5.74) is 2.58. The summed E-state index contributed by atoms with van der Waals surface area (Å²) in [4.78, 5) is 57.3. The molecule has 0 bridgehead atoms. The van der Waals surface area contributed by atoms with Gasteiger partial charge in [0.25, 0.3) is 0 Å². The van der Waals surface area contributed by atoms with Crippen molar-refractivity contribution in [2.75, 3.05) is 23.7 Å². The van der Waals surface area contributed by atoms with E-state index in [1.165, 1.54) is 0 Å². The molecule has 2 N–H and O–H groups in total. The van der Waals surface area contributed by atoms with Gasteiger partial charge in [0.05, 0.1) is 12.8 Å². The van der Waals surface area contributed by atoms with Crippen LogP contribution in [0.1, 0.15) is 35.4 Å². The fourth-order valence-electron chi connectivity index (χ4n) is 6.30. The number of thiophene rings is 2. The summed E-state index contributed by atoms with van der Waals surface area (Å²) in [6, 6.07) is 20.9. The first-order chi connectivity index (χ1) is 23.9. The minimum atomic E-state index is -0.492. The van der Waals surface area contributed by atoms with Gasteiger partial charge in [-0.25, -0.2) is 0 Å². The minimum absolute atomic E-state index is 0.0313. The van der Waals surface area contributed by atoms with Crippen molar-refractivity contribution < 1.29 is 23.6 Å². The first kappa shape index (κ1) is 32.4. The van der Waals surface area contributed by atoms with Crippen LogP contribution in [0.2, 0.25) is 0 Å². The van der Waals surface area contributed by atoms with Crippen molar-refractivity contribution in [3.63, 3.8) is 0 Å². The molecule has 49 heavy (non-hydrogen) atoms. The Morgan fingerprint density at radius 2 is 1.08 bits per heavy atom. The molecule has 2 atom stereocenters. The number of nitrogens with zero attached hydrogens (tertiary/aromatic N) is 4. The van der Waals surface area contributed by atoms with Crippen LogP contribution in [0.25, 0.3) is 22.9 Å². The maximum absolute atomic E-state index is 13.1. The summed E-state index contributed by atoms with van der Waals surface area (Å²) in [7, 11) is 0. The topological polar surface area (TPSA) is 138 Å². The summed E-state index contributed by atoms with van der Waals surface area (Å²) < 4.78 is 5.94. The third-order valence-corrected chi connectivity index (χ3v) is 10.5.